The van der Waals surface area contributed by atoms with Gasteiger partial charge in [0.25, 0.3) is 0 Å². The van der Waals surface area contributed by atoms with Gasteiger partial charge < -0.3 is 15.4 Å². The van der Waals surface area contributed by atoms with Crippen molar-refractivity contribution in [3.8, 4) is 0 Å². The van der Waals surface area contributed by atoms with Gasteiger partial charge in [-0.05, 0) is 64.7 Å². The lowest BCUT2D eigenvalue weighted by atomic mass is 9.88. The highest BCUT2D eigenvalue weighted by molar-refractivity contribution is 6.07. The summed E-state index contributed by atoms with van der Waals surface area (Å²) >= 11 is 0. The van der Waals surface area contributed by atoms with Crippen molar-refractivity contribution in [1.82, 2.24) is 15.3 Å². The third-order valence-electron chi connectivity index (χ3n) is 6.79. The second kappa shape index (κ2) is 8.79. The van der Waals surface area contributed by atoms with E-state index in [-0.39, 0.29) is 17.6 Å². The van der Waals surface area contributed by atoms with Gasteiger partial charge in [0.1, 0.15) is 5.82 Å². The summed E-state index contributed by atoms with van der Waals surface area (Å²) in [6, 6.07) is 8.35. The van der Waals surface area contributed by atoms with Crippen LogP contribution >= 0.6 is 0 Å². The Morgan fingerprint density at radius 3 is 2.62 bits per heavy atom. The van der Waals surface area contributed by atoms with E-state index < -0.39 is 5.41 Å². The molecule has 1 unspecified atom stereocenters. The maximum absolute atomic E-state index is 13.0. The Bertz CT molecular complexity index is 967. The average molecular weight is 438 g/mol. The van der Waals surface area contributed by atoms with Gasteiger partial charge in [-0.1, -0.05) is 19.1 Å². The number of carbonyl (C=O) groups is 1. The van der Waals surface area contributed by atoms with Crippen molar-refractivity contribution in [2.24, 2.45) is 0 Å². The lowest BCUT2D eigenvalue weighted by Gasteiger charge is -2.25. The molecule has 1 aromatic carbocycles. The normalized spacial score (nSPS) is 22.8. The van der Waals surface area contributed by atoms with E-state index in [1.807, 2.05) is 30.9 Å². The zero-order chi connectivity index (χ0) is 22.9. The topological polar surface area (TPSA) is 79.4 Å². The summed E-state index contributed by atoms with van der Waals surface area (Å²) in [6.07, 6.45) is 4.91. The molecule has 2 aromatic rings. The molecule has 32 heavy (non-hydrogen) atoms. The number of hydrogen-bond acceptors (Lipinski definition) is 6. The fourth-order valence-corrected chi connectivity index (χ4v) is 4.44. The van der Waals surface area contributed by atoms with Crippen LogP contribution in [0.5, 0.6) is 0 Å². The molecule has 4 rings (SSSR count). The van der Waals surface area contributed by atoms with Gasteiger partial charge in [0.2, 0.25) is 11.9 Å². The Balaban J connectivity index is 1.42. The maximum Gasteiger partial charge on any atom is 0.238 e. The van der Waals surface area contributed by atoms with Crippen molar-refractivity contribution in [3.05, 3.63) is 41.6 Å². The Hall–Kier alpha value is -2.51. The molecule has 0 radical (unpaired) electrons. The van der Waals surface area contributed by atoms with E-state index in [9.17, 15) is 4.79 Å². The summed E-state index contributed by atoms with van der Waals surface area (Å²) in [7, 11) is 0. The van der Waals surface area contributed by atoms with Crippen LogP contribution in [0.4, 0.5) is 17.5 Å². The highest BCUT2D eigenvalue weighted by Gasteiger charge is 2.46. The fraction of sp³-hybridized carbons (Fsp3) is 0.560. The van der Waals surface area contributed by atoms with Crippen LogP contribution in [0.25, 0.3) is 0 Å². The predicted molar refractivity (Wildman–Crippen MR) is 127 cm³/mol. The monoisotopic (exact) mass is 437 g/mol. The van der Waals surface area contributed by atoms with Gasteiger partial charge in [0, 0.05) is 43.2 Å². The Kier molecular flexibility index (Phi) is 6.23. The number of aromatic nitrogens is 2. The number of hydrogen-bond donors (Lipinski definition) is 2. The Morgan fingerprint density at radius 1 is 1.22 bits per heavy atom. The average Bonchev–Trinajstić information content (AvgIpc) is 3.28. The van der Waals surface area contributed by atoms with Crippen LogP contribution in [0.2, 0.25) is 0 Å². The van der Waals surface area contributed by atoms with Crippen molar-refractivity contribution in [1.29, 1.82) is 0 Å². The van der Waals surface area contributed by atoms with Gasteiger partial charge in [0.05, 0.1) is 11.0 Å². The highest BCUT2D eigenvalue weighted by Crippen LogP contribution is 2.41. The van der Waals surface area contributed by atoms with E-state index in [1.165, 1.54) is 5.56 Å². The summed E-state index contributed by atoms with van der Waals surface area (Å²) in [5.74, 6) is 1.30. The first kappa shape index (κ1) is 22.7. The molecule has 2 atom stereocenters. The van der Waals surface area contributed by atoms with Gasteiger partial charge in [-0.15, -0.1) is 0 Å². The third-order valence-corrected chi connectivity index (χ3v) is 6.79. The first-order valence-corrected chi connectivity index (χ1v) is 11.7. The summed E-state index contributed by atoms with van der Waals surface area (Å²) in [6.45, 7) is 12.7. The molecule has 2 aliphatic heterocycles. The molecule has 1 saturated heterocycles. The van der Waals surface area contributed by atoms with Crippen molar-refractivity contribution in [2.45, 2.75) is 77.5 Å². The SMILES string of the molecule is CC[C@H](C)N1C(=O)C(C)(C)c2cnc(Nc3ccc(CNCC4(C)CCCO4)cc3)nc21. The minimum absolute atomic E-state index is 0.0362. The second-order valence-electron chi connectivity index (χ2n) is 9.82. The van der Waals surface area contributed by atoms with Crippen molar-refractivity contribution < 1.29 is 9.53 Å². The number of amides is 1. The van der Waals surface area contributed by atoms with E-state index in [4.69, 9.17) is 9.72 Å². The van der Waals surface area contributed by atoms with Gasteiger partial charge >= 0.3 is 0 Å². The zero-order valence-electron chi connectivity index (χ0n) is 19.9. The number of rotatable bonds is 8. The second-order valence-corrected chi connectivity index (χ2v) is 9.82. The van der Waals surface area contributed by atoms with Crippen LogP contribution in [-0.2, 0) is 21.5 Å². The molecule has 3 heterocycles. The quantitative estimate of drug-likeness (QED) is 0.641. The molecule has 2 N–H and O–H groups in total. The lowest BCUT2D eigenvalue weighted by molar-refractivity contribution is -0.122. The molecule has 7 heteroatoms. The molecular weight excluding hydrogens is 402 g/mol. The third kappa shape index (κ3) is 4.36. The molecule has 0 aliphatic carbocycles. The summed E-state index contributed by atoms with van der Waals surface area (Å²) in [4.78, 5) is 24.0. The number of ether oxygens (including phenoxy) is 1. The molecular formula is C25H35N5O2. The number of nitrogens with zero attached hydrogens (tertiary/aromatic N) is 3. The number of fused-ring (bicyclic) bond motifs is 1. The van der Waals surface area contributed by atoms with E-state index >= 15 is 0 Å². The molecule has 0 saturated carbocycles. The number of anilines is 3. The summed E-state index contributed by atoms with van der Waals surface area (Å²) in [5.41, 5.74) is 2.37. The van der Waals surface area contributed by atoms with Crippen LogP contribution in [0.1, 0.15) is 65.0 Å². The van der Waals surface area contributed by atoms with E-state index in [2.05, 4.69) is 48.5 Å². The lowest BCUT2D eigenvalue weighted by Crippen LogP contribution is -2.41. The maximum atomic E-state index is 13.0. The fourth-order valence-electron chi connectivity index (χ4n) is 4.44. The van der Waals surface area contributed by atoms with Crippen molar-refractivity contribution in [3.63, 3.8) is 0 Å². The molecule has 1 fully saturated rings. The van der Waals surface area contributed by atoms with E-state index in [1.54, 1.807) is 6.20 Å². The van der Waals surface area contributed by atoms with Gasteiger partial charge in [-0.3, -0.25) is 9.69 Å². The van der Waals surface area contributed by atoms with E-state index in [0.717, 1.165) is 56.0 Å². The molecule has 7 nitrogen and oxygen atoms in total. The zero-order valence-corrected chi connectivity index (χ0v) is 19.9. The van der Waals surface area contributed by atoms with Crippen LogP contribution < -0.4 is 15.5 Å². The molecule has 1 aromatic heterocycles. The molecule has 1 amide bonds. The van der Waals surface area contributed by atoms with Crippen molar-refractivity contribution >= 4 is 23.4 Å². The molecule has 172 valence electrons. The predicted octanol–water partition coefficient (Wildman–Crippen LogP) is 4.30. The smallest absolute Gasteiger partial charge is 0.238 e. The first-order chi connectivity index (χ1) is 15.2. The largest absolute Gasteiger partial charge is 0.374 e. The Labute approximate surface area is 191 Å². The van der Waals surface area contributed by atoms with Gasteiger partial charge in [-0.25, -0.2) is 4.98 Å². The minimum Gasteiger partial charge on any atom is -0.374 e. The standard InChI is InChI=1S/C25H35N5O2/c1-6-17(2)30-21-20(24(3,4)22(30)31)15-27-23(29-21)28-19-10-8-18(9-11-19)14-26-16-25(5)12-7-13-32-25/h8-11,15,17,26H,6-7,12-14,16H2,1-5H3,(H,27,28,29)/t17-,25?/m0/s1. The highest BCUT2D eigenvalue weighted by atomic mass is 16.5. The van der Waals surface area contributed by atoms with Crippen molar-refractivity contribution in [2.75, 3.05) is 23.4 Å². The Morgan fingerprint density at radius 2 is 1.97 bits per heavy atom. The molecule has 0 spiro atoms. The van der Waals surface area contributed by atoms with Crippen LogP contribution in [0, 0.1) is 0 Å². The molecule has 2 aliphatic rings. The van der Waals surface area contributed by atoms with E-state index in [0.29, 0.717) is 5.95 Å². The van der Waals surface area contributed by atoms with Crippen LogP contribution in [0.15, 0.2) is 30.5 Å². The van der Waals surface area contributed by atoms with Gasteiger partial charge in [0.15, 0.2) is 0 Å². The van der Waals surface area contributed by atoms with Gasteiger partial charge in [-0.2, -0.15) is 4.98 Å². The number of benzene rings is 1. The van der Waals surface area contributed by atoms with Crippen LogP contribution in [0.3, 0.4) is 0 Å². The first-order valence-electron chi connectivity index (χ1n) is 11.7. The molecule has 0 bridgehead atoms. The summed E-state index contributed by atoms with van der Waals surface area (Å²) < 4.78 is 5.83. The minimum atomic E-state index is -0.605. The van der Waals surface area contributed by atoms with Crippen LogP contribution in [-0.4, -0.2) is 40.7 Å². The number of nitrogens with one attached hydrogen (secondary N) is 2. The number of carbonyl (C=O) groups excluding carboxylic acids is 1. The summed E-state index contributed by atoms with van der Waals surface area (Å²) in [5, 5.41) is 6.79.